The lowest BCUT2D eigenvalue weighted by atomic mass is 9.97. The number of carboxylic acid groups (broad SMARTS) is 1. The molecule has 0 spiro atoms. The van der Waals surface area contributed by atoms with Crippen LogP contribution in [0.3, 0.4) is 0 Å². The lowest BCUT2D eigenvalue weighted by Crippen LogP contribution is -2.63. The summed E-state index contributed by atoms with van der Waals surface area (Å²) in [6, 6.07) is 26.2. The first-order valence-corrected chi connectivity index (χ1v) is 12.2. The molecule has 194 valence electrons. The third-order valence-corrected chi connectivity index (χ3v) is 6.49. The van der Waals surface area contributed by atoms with Gasteiger partial charge in [-0.1, -0.05) is 72.8 Å². The molecule has 0 saturated carbocycles. The van der Waals surface area contributed by atoms with Crippen LogP contribution in [0.25, 0.3) is 0 Å². The molecule has 1 N–H and O–H groups in total. The summed E-state index contributed by atoms with van der Waals surface area (Å²) >= 11 is 0. The number of hydrogen-bond donors (Lipinski definition) is 1. The van der Waals surface area contributed by atoms with Crippen LogP contribution < -0.4 is 0 Å². The molecule has 37 heavy (non-hydrogen) atoms. The zero-order valence-electron chi connectivity index (χ0n) is 20.5. The Morgan fingerprint density at radius 3 is 2.27 bits per heavy atom. The minimum atomic E-state index is -0.991. The number of rotatable bonds is 9. The molecule has 6 atom stereocenters. The fourth-order valence-electron chi connectivity index (χ4n) is 4.63. The van der Waals surface area contributed by atoms with E-state index >= 15 is 0 Å². The second-order valence-corrected chi connectivity index (χ2v) is 9.00. The van der Waals surface area contributed by atoms with Crippen LogP contribution in [-0.4, -0.2) is 55.5 Å². The standard InChI is InChI=1S/C29H30O8/c1-32-29-26(34-16-19-9-4-2-5-10-19)25(33-17-20-11-8-14-22(15-20)27(30)31)24-23(36-29)18-35-28(37-24)21-12-6-3-7-13-21/h2-15,23-26,28-29H,16-18H2,1H3,(H,30,31)/t23-,24-,25+,26-,28?,29+/m1/s1. The van der Waals surface area contributed by atoms with Gasteiger partial charge in [0.1, 0.15) is 24.4 Å². The van der Waals surface area contributed by atoms with Gasteiger partial charge in [0.25, 0.3) is 0 Å². The summed E-state index contributed by atoms with van der Waals surface area (Å²) in [7, 11) is 1.56. The summed E-state index contributed by atoms with van der Waals surface area (Å²) in [6.07, 6.45) is -3.41. The van der Waals surface area contributed by atoms with E-state index in [1.807, 2.05) is 66.7 Å². The van der Waals surface area contributed by atoms with Crippen molar-refractivity contribution >= 4 is 5.97 Å². The van der Waals surface area contributed by atoms with Gasteiger partial charge in [0.2, 0.25) is 0 Å². The van der Waals surface area contributed by atoms with Crippen LogP contribution in [0, 0.1) is 0 Å². The van der Waals surface area contributed by atoms with E-state index in [0.717, 1.165) is 16.7 Å². The Balaban J connectivity index is 1.40. The van der Waals surface area contributed by atoms with Crippen molar-refractivity contribution in [2.75, 3.05) is 13.7 Å². The molecule has 5 rings (SSSR count). The van der Waals surface area contributed by atoms with Crippen molar-refractivity contribution < 1.29 is 38.3 Å². The number of ether oxygens (including phenoxy) is 6. The third kappa shape index (κ3) is 6.07. The average Bonchev–Trinajstić information content (AvgIpc) is 2.95. The number of carboxylic acids is 1. The van der Waals surface area contributed by atoms with Gasteiger partial charge in [0.05, 0.1) is 25.4 Å². The number of fused-ring (bicyclic) bond motifs is 1. The van der Waals surface area contributed by atoms with E-state index in [-0.39, 0.29) is 12.2 Å². The second kappa shape index (κ2) is 12.0. The van der Waals surface area contributed by atoms with Gasteiger partial charge in [-0.2, -0.15) is 0 Å². The highest BCUT2D eigenvalue weighted by atomic mass is 16.8. The first-order chi connectivity index (χ1) is 18.1. The average molecular weight is 507 g/mol. The molecule has 1 unspecified atom stereocenters. The molecule has 3 aromatic carbocycles. The number of benzene rings is 3. The summed E-state index contributed by atoms with van der Waals surface area (Å²) in [4.78, 5) is 11.4. The maximum absolute atomic E-state index is 11.4. The van der Waals surface area contributed by atoms with Gasteiger partial charge in [-0.3, -0.25) is 0 Å². The van der Waals surface area contributed by atoms with E-state index in [2.05, 4.69) is 0 Å². The van der Waals surface area contributed by atoms with Crippen molar-refractivity contribution in [2.24, 2.45) is 0 Å². The minimum Gasteiger partial charge on any atom is -0.478 e. The quantitative estimate of drug-likeness (QED) is 0.458. The minimum absolute atomic E-state index is 0.164. The van der Waals surface area contributed by atoms with Gasteiger partial charge < -0.3 is 33.5 Å². The van der Waals surface area contributed by atoms with Crippen molar-refractivity contribution in [1.29, 1.82) is 0 Å². The molecular formula is C29H30O8. The highest BCUT2D eigenvalue weighted by molar-refractivity contribution is 5.87. The van der Waals surface area contributed by atoms with Crippen molar-refractivity contribution in [1.82, 2.24) is 0 Å². The number of hydrogen-bond acceptors (Lipinski definition) is 7. The monoisotopic (exact) mass is 506 g/mol. The molecule has 2 heterocycles. The summed E-state index contributed by atoms with van der Waals surface area (Å²) in [6.45, 7) is 0.791. The lowest BCUT2D eigenvalue weighted by molar-refractivity contribution is -0.369. The summed E-state index contributed by atoms with van der Waals surface area (Å²) in [5.41, 5.74) is 2.82. The smallest absolute Gasteiger partial charge is 0.335 e. The van der Waals surface area contributed by atoms with Gasteiger partial charge in [0, 0.05) is 12.7 Å². The van der Waals surface area contributed by atoms with Gasteiger partial charge in [-0.25, -0.2) is 4.79 Å². The topological polar surface area (TPSA) is 92.7 Å². The van der Waals surface area contributed by atoms with Crippen LogP contribution in [0.2, 0.25) is 0 Å². The Morgan fingerprint density at radius 2 is 1.54 bits per heavy atom. The van der Waals surface area contributed by atoms with Crippen LogP contribution in [0.15, 0.2) is 84.9 Å². The van der Waals surface area contributed by atoms with Crippen molar-refractivity contribution in [3.8, 4) is 0 Å². The van der Waals surface area contributed by atoms with Crippen LogP contribution in [-0.2, 0) is 41.6 Å². The molecule has 0 aromatic heterocycles. The molecule has 2 saturated heterocycles. The Bertz CT molecular complexity index is 1150. The zero-order valence-corrected chi connectivity index (χ0v) is 20.5. The van der Waals surface area contributed by atoms with Crippen LogP contribution in [0.5, 0.6) is 0 Å². The van der Waals surface area contributed by atoms with Gasteiger partial charge in [-0.05, 0) is 23.3 Å². The summed E-state index contributed by atoms with van der Waals surface area (Å²) < 4.78 is 37.0. The molecule has 2 aliphatic heterocycles. The molecule has 8 heteroatoms. The Morgan fingerprint density at radius 1 is 0.865 bits per heavy atom. The predicted octanol–water partition coefficient (Wildman–Crippen LogP) is 4.34. The molecule has 2 fully saturated rings. The molecule has 8 nitrogen and oxygen atoms in total. The number of aromatic carboxylic acids is 1. The summed E-state index contributed by atoms with van der Waals surface area (Å²) in [5.74, 6) is -0.991. The Hall–Kier alpha value is -3.11. The van der Waals surface area contributed by atoms with E-state index in [1.54, 1.807) is 25.3 Å². The first-order valence-electron chi connectivity index (χ1n) is 12.2. The van der Waals surface area contributed by atoms with E-state index in [4.69, 9.17) is 28.4 Å². The predicted molar refractivity (Wildman–Crippen MR) is 133 cm³/mol. The molecular weight excluding hydrogens is 476 g/mol. The fraction of sp³-hybridized carbons (Fsp3) is 0.345. The highest BCUT2D eigenvalue weighted by Crippen LogP contribution is 2.37. The zero-order chi connectivity index (χ0) is 25.6. The van der Waals surface area contributed by atoms with Crippen molar-refractivity contribution in [2.45, 2.75) is 50.2 Å². The van der Waals surface area contributed by atoms with Crippen LogP contribution >= 0.6 is 0 Å². The SMILES string of the molecule is CO[C@H]1O[C@@H]2COC(c3ccccc3)O[C@H]2[C@H](OCc2cccc(C(=O)O)c2)[C@H]1OCc1ccccc1. The van der Waals surface area contributed by atoms with Gasteiger partial charge >= 0.3 is 5.97 Å². The van der Waals surface area contributed by atoms with E-state index in [0.29, 0.717) is 13.2 Å². The van der Waals surface area contributed by atoms with E-state index < -0.39 is 43.0 Å². The number of carbonyl (C=O) groups is 1. The first kappa shape index (κ1) is 25.5. The van der Waals surface area contributed by atoms with Crippen LogP contribution in [0.1, 0.15) is 33.3 Å². The van der Waals surface area contributed by atoms with E-state index in [1.165, 1.54) is 0 Å². The lowest BCUT2D eigenvalue weighted by Gasteiger charge is -2.48. The fourth-order valence-corrected chi connectivity index (χ4v) is 4.63. The van der Waals surface area contributed by atoms with Gasteiger partial charge in [0.15, 0.2) is 12.6 Å². The largest absolute Gasteiger partial charge is 0.478 e. The van der Waals surface area contributed by atoms with Crippen molar-refractivity contribution in [3.05, 3.63) is 107 Å². The third-order valence-electron chi connectivity index (χ3n) is 6.49. The second-order valence-electron chi connectivity index (χ2n) is 9.00. The van der Waals surface area contributed by atoms with Crippen molar-refractivity contribution in [3.63, 3.8) is 0 Å². The molecule has 0 radical (unpaired) electrons. The maximum atomic E-state index is 11.4. The van der Waals surface area contributed by atoms with Crippen LogP contribution in [0.4, 0.5) is 0 Å². The van der Waals surface area contributed by atoms with Gasteiger partial charge in [-0.15, -0.1) is 0 Å². The molecule has 0 aliphatic carbocycles. The Kier molecular flexibility index (Phi) is 8.25. The molecule has 0 amide bonds. The normalized spacial score (nSPS) is 27.4. The highest BCUT2D eigenvalue weighted by Gasteiger charge is 2.51. The van der Waals surface area contributed by atoms with E-state index in [9.17, 15) is 9.90 Å². The maximum Gasteiger partial charge on any atom is 0.335 e. The summed E-state index contributed by atoms with van der Waals surface area (Å²) in [5, 5.41) is 9.38. The molecule has 2 aliphatic rings. The molecule has 3 aromatic rings. The Labute approximate surface area is 215 Å². The number of methoxy groups -OCH3 is 1. The molecule has 0 bridgehead atoms.